The molecule has 2 nitrogen and oxygen atoms in total. The first-order valence-corrected chi connectivity index (χ1v) is 25.8. The number of aryl methyl sites for hydroxylation is 3. The Bertz CT molecular complexity index is 1400. The van der Waals surface area contributed by atoms with Crippen LogP contribution in [0, 0.1) is 20.8 Å². The summed E-state index contributed by atoms with van der Waals surface area (Å²) in [5.41, 5.74) is 5.30. The topological polar surface area (TPSA) is 18.5 Å². The third kappa shape index (κ3) is 17.9. The summed E-state index contributed by atoms with van der Waals surface area (Å²) in [5, 5.41) is 3.84. The van der Waals surface area contributed by atoms with Gasteiger partial charge in [-0.05, 0) is 119 Å². The molecule has 3 aromatic carbocycles. The van der Waals surface area contributed by atoms with Crippen molar-refractivity contribution in [3.05, 3.63) is 101 Å². The van der Waals surface area contributed by atoms with Crippen LogP contribution in [0.5, 0.6) is 0 Å². The van der Waals surface area contributed by atoms with Crippen LogP contribution in [0.2, 0.25) is 0 Å². The van der Waals surface area contributed by atoms with Crippen molar-refractivity contribution in [1.82, 2.24) is 0 Å². The molecular weight excluding hydrogens is 723 g/mol. The van der Waals surface area contributed by atoms with Crippen molar-refractivity contribution in [2.45, 2.75) is 195 Å². The van der Waals surface area contributed by atoms with E-state index in [0.717, 1.165) is 58.2 Å². The van der Waals surface area contributed by atoms with Crippen molar-refractivity contribution < 1.29 is 9.47 Å². The highest BCUT2D eigenvalue weighted by atomic mass is 35.7. The van der Waals surface area contributed by atoms with E-state index < -0.39 is 6.62 Å². The Balaban J connectivity index is 1.40. The van der Waals surface area contributed by atoms with E-state index >= 15 is 0 Å². The molecule has 3 rings (SSSR count). The molecule has 0 saturated heterocycles. The van der Waals surface area contributed by atoms with Crippen LogP contribution in [0.4, 0.5) is 0 Å². The molecule has 0 aliphatic rings. The number of allylic oxidation sites excluding steroid dienone is 2. The minimum atomic E-state index is -2.32. The standard InChI is InChI=1S/C52H81ClO2P/c1-6-8-10-12-14-20-24-32-43-54-52(55-44-33-25-21-15-13-11-9-7-2)42-27-23-19-17-16-18-22-26-37-48-38-34-41-51(47(48)5)56(53,49-39-30-28-35-45(49)3)50-40-31-29-36-46(50)4/h16,18,28-31,34-36,38-41,52H,6-15,17,19-27,32-33,37,42-44H2,1-5H3/q+1/b18-16+. The van der Waals surface area contributed by atoms with Crippen molar-refractivity contribution in [3.63, 3.8) is 0 Å². The van der Waals surface area contributed by atoms with E-state index in [4.69, 9.17) is 20.7 Å². The van der Waals surface area contributed by atoms with Crippen LogP contribution in [0.25, 0.3) is 0 Å². The second kappa shape index (κ2) is 30.1. The molecule has 0 unspecified atom stereocenters. The molecule has 312 valence electrons. The SMILES string of the molecule is CCCCCCCCCCOC(CCCCC/C=C/CCCc1cccc([P+](Cl)(c2ccccc2C)c2ccccc2C)c1C)OCCCCCCCCCC. The fourth-order valence-electron chi connectivity index (χ4n) is 7.99. The van der Waals surface area contributed by atoms with Crippen LogP contribution >= 0.6 is 17.9 Å². The van der Waals surface area contributed by atoms with Crippen LogP contribution in [-0.2, 0) is 15.9 Å². The number of ether oxygens (including phenoxy) is 2. The van der Waals surface area contributed by atoms with E-state index in [2.05, 4.69) is 114 Å². The zero-order chi connectivity index (χ0) is 40.1. The average Bonchev–Trinajstić information content (AvgIpc) is 3.20. The molecule has 0 aliphatic carbocycles. The van der Waals surface area contributed by atoms with Gasteiger partial charge in [0.15, 0.2) is 6.29 Å². The zero-order valence-corrected chi connectivity index (χ0v) is 38.3. The van der Waals surface area contributed by atoms with Crippen molar-refractivity contribution >= 4 is 33.8 Å². The zero-order valence-electron chi connectivity index (χ0n) is 36.6. The Morgan fingerprint density at radius 2 is 0.946 bits per heavy atom. The summed E-state index contributed by atoms with van der Waals surface area (Å²) >= 11 is 7.97. The highest BCUT2D eigenvalue weighted by molar-refractivity contribution is 8.15. The second-order valence-electron chi connectivity index (χ2n) is 16.3. The molecule has 0 heterocycles. The maximum Gasteiger partial charge on any atom is 0.211 e. The summed E-state index contributed by atoms with van der Waals surface area (Å²) in [6.45, 7) is 10.6. The van der Waals surface area contributed by atoms with E-state index in [0.29, 0.717) is 0 Å². The van der Waals surface area contributed by atoms with Gasteiger partial charge in [-0.15, -0.1) is 0 Å². The minimum Gasteiger partial charge on any atom is -0.353 e. The Morgan fingerprint density at radius 1 is 0.500 bits per heavy atom. The quantitative estimate of drug-likeness (QED) is 0.0264. The summed E-state index contributed by atoms with van der Waals surface area (Å²) in [4.78, 5) is 0. The summed E-state index contributed by atoms with van der Waals surface area (Å²) in [5.74, 6) is 0. The smallest absolute Gasteiger partial charge is 0.211 e. The molecule has 0 fully saturated rings. The Morgan fingerprint density at radius 3 is 1.46 bits per heavy atom. The lowest BCUT2D eigenvalue weighted by molar-refractivity contribution is -0.148. The van der Waals surface area contributed by atoms with Gasteiger partial charge >= 0.3 is 0 Å². The molecule has 0 bridgehead atoms. The molecular formula is C52H81ClO2P+. The Hall–Kier alpha value is -1.96. The van der Waals surface area contributed by atoms with E-state index in [-0.39, 0.29) is 6.29 Å². The third-order valence-electron chi connectivity index (χ3n) is 11.5. The van der Waals surface area contributed by atoms with Gasteiger partial charge in [-0.25, -0.2) is 0 Å². The summed E-state index contributed by atoms with van der Waals surface area (Å²) in [6, 6.07) is 24.2. The van der Waals surface area contributed by atoms with Gasteiger partial charge < -0.3 is 9.47 Å². The lowest BCUT2D eigenvalue weighted by atomic mass is 10.0. The maximum atomic E-state index is 7.97. The van der Waals surface area contributed by atoms with Crippen molar-refractivity contribution in [3.8, 4) is 0 Å². The van der Waals surface area contributed by atoms with Gasteiger partial charge in [0.25, 0.3) is 0 Å². The largest absolute Gasteiger partial charge is 0.353 e. The number of hydrogen-bond acceptors (Lipinski definition) is 2. The van der Waals surface area contributed by atoms with Crippen LogP contribution in [0.15, 0.2) is 78.9 Å². The van der Waals surface area contributed by atoms with Crippen LogP contribution in [-0.4, -0.2) is 19.5 Å². The van der Waals surface area contributed by atoms with Gasteiger partial charge in [0, 0.05) is 13.2 Å². The fourth-order valence-corrected chi connectivity index (χ4v) is 13.1. The molecule has 0 amide bonds. The van der Waals surface area contributed by atoms with E-state index in [1.165, 1.54) is 147 Å². The summed E-state index contributed by atoms with van der Waals surface area (Å²) in [7, 11) is 0. The number of halogens is 1. The summed E-state index contributed by atoms with van der Waals surface area (Å²) < 4.78 is 12.6. The first-order valence-electron chi connectivity index (χ1n) is 23.1. The molecule has 0 N–H and O–H groups in total. The highest BCUT2D eigenvalue weighted by Crippen LogP contribution is 2.62. The van der Waals surface area contributed by atoms with Crippen LogP contribution < -0.4 is 15.9 Å². The molecule has 56 heavy (non-hydrogen) atoms. The fraction of sp³-hybridized carbons (Fsp3) is 0.615. The first kappa shape index (κ1) is 48.4. The maximum absolute atomic E-state index is 7.97. The molecule has 0 aliphatic heterocycles. The molecule has 0 radical (unpaired) electrons. The first-order chi connectivity index (χ1) is 27.4. The monoisotopic (exact) mass is 804 g/mol. The van der Waals surface area contributed by atoms with E-state index in [1.54, 1.807) is 0 Å². The number of hydrogen-bond donors (Lipinski definition) is 0. The molecule has 0 aromatic heterocycles. The molecule has 0 spiro atoms. The van der Waals surface area contributed by atoms with Gasteiger partial charge in [0.1, 0.15) is 27.2 Å². The number of benzene rings is 3. The molecule has 4 heteroatoms. The Labute approximate surface area is 351 Å². The highest BCUT2D eigenvalue weighted by Gasteiger charge is 2.48. The van der Waals surface area contributed by atoms with Gasteiger partial charge in [-0.3, -0.25) is 0 Å². The molecule has 0 saturated carbocycles. The van der Waals surface area contributed by atoms with Gasteiger partial charge in [0.2, 0.25) is 6.62 Å². The normalized spacial score (nSPS) is 12.1. The van der Waals surface area contributed by atoms with Crippen LogP contribution in [0.3, 0.4) is 0 Å². The number of unbranched alkanes of at least 4 members (excludes halogenated alkanes) is 18. The lowest BCUT2D eigenvalue weighted by Crippen LogP contribution is -2.32. The van der Waals surface area contributed by atoms with Crippen molar-refractivity contribution in [2.24, 2.45) is 0 Å². The number of rotatable bonds is 33. The molecule has 0 atom stereocenters. The lowest BCUT2D eigenvalue weighted by Gasteiger charge is -2.24. The van der Waals surface area contributed by atoms with Gasteiger partial charge in [-0.1, -0.05) is 171 Å². The minimum absolute atomic E-state index is 0.0267. The van der Waals surface area contributed by atoms with E-state index in [9.17, 15) is 0 Å². The summed E-state index contributed by atoms with van der Waals surface area (Å²) in [6.07, 6.45) is 35.3. The second-order valence-corrected chi connectivity index (χ2v) is 20.5. The third-order valence-corrected chi connectivity index (χ3v) is 16.7. The predicted octanol–water partition coefficient (Wildman–Crippen LogP) is 15.5. The van der Waals surface area contributed by atoms with Crippen LogP contribution in [0.1, 0.15) is 184 Å². The van der Waals surface area contributed by atoms with Crippen molar-refractivity contribution in [1.29, 1.82) is 0 Å². The predicted molar refractivity (Wildman–Crippen MR) is 251 cm³/mol. The average molecular weight is 805 g/mol. The van der Waals surface area contributed by atoms with Crippen molar-refractivity contribution in [2.75, 3.05) is 13.2 Å². The van der Waals surface area contributed by atoms with E-state index in [1.807, 2.05) is 0 Å². The Kier molecular flexibility index (Phi) is 26.1. The van der Waals surface area contributed by atoms with Gasteiger partial charge in [0.05, 0.1) is 0 Å². The van der Waals surface area contributed by atoms with Gasteiger partial charge in [-0.2, -0.15) is 0 Å². The molecule has 3 aromatic rings.